The van der Waals surface area contributed by atoms with Crippen molar-refractivity contribution in [3.05, 3.63) is 68.8 Å². The molecule has 22 heteroatoms. The molecular formula is C41H44N2O20. The molecule has 338 valence electrons. The Kier molecular flexibility index (Phi) is 12.3. The molecule has 0 spiro atoms. The Labute approximate surface area is 355 Å². The van der Waals surface area contributed by atoms with Crippen molar-refractivity contribution in [3.63, 3.8) is 0 Å². The van der Waals surface area contributed by atoms with Gasteiger partial charge in [-0.3, -0.25) is 19.2 Å². The summed E-state index contributed by atoms with van der Waals surface area (Å²) in [6.07, 6.45) is -17.1. The Morgan fingerprint density at radius 2 is 1.48 bits per heavy atom. The van der Waals surface area contributed by atoms with E-state index in [4.69, 9.17) is 23.7 Å². The van der Waals surface area contributed by atoms with Gasteiger partial charge in [-0.15, -0.1) is 0 Å². The number of aryl methyl sites for hydroxylation is 1. The van der Waals surface area contributed by atoms with E-state index in [0.717, 1.165) is 18.2 Å². The van der Waals surface area contributed by atoms with Gasteiger partial charge in [-0.2, -0.15) is 0 Å². The van der Waals surface area contributed by atoms with Crippen LogP contribution in [-0.4, -0.2) is 163 Å². The molecule has 1 amide bonds. The largest absolute Gasteiger partial charge is 0.507 e. The van der Waals surface area contributed by atoms with E-state index in [-0.39, 0.29) is 28.0 Å². The summed E-state index contributed by atoms with van der Waals surface area (Å²) in [5, 5.41) is 114. The van der Waals surface area contributed by atoms with Crippen LogP contribution in [0.2, 0.25) is 0 Å². The van der Waals surface area contributed by atoms with Gasteiger partial charge in [0.25, 0.3) is 5.91 Å². The fourth-order valence-electron chi connectivity index (χ4n) is 8.57. The number of hydrogen-bond acceptors (Lipinski definition) is 19. The van der Waals surface area contributed by atoms with Gasteiger partial charge in [0.2, 0.25) is 0 Å². The third kappa shape index (κ3) is 7.62. The lowest BCUT2D eigenvalue weighted by atomic mass is 9.74. The van der Waals surface area contributed by atoms with Crippen molar-refractivity contribution in [2.75, 3.05) is 20.8 Å². The van der Waals surface area contributed by atoms with Gasteiger partial charge < -0.3 is 85.4 Å². The summed E-state index contributed by atoms with van der Waals surface area (Å²) in [5.74, 6) is -9.16. The first-order valence-electron chi connectivity index (χ1n) is 19.4. The summed E-state index contributed by atoms with van der Waals surface area (Å²) < 4.78 is 28.9. The molecule has 0 bridgehead atoms. The molecule has 12 atom stereocenters. The first-order chi connectivity index (χ1) is 29.7. The Hall–Kier alpha value is -5.79. The number of carboxylic acids is 2. The monoisotopic (exact) mass is 884 g/mol. The quantitative estimate of drug-likeness (QED) is 0.0845. The molecular weight excluding hydrogens is 840 g/mol. The first kappa shape index (κ1) is 45.2. The second-order valence-corrected chi connectivity index (χ2v) is 15.5. The normalized spacial score (nSPS) is 29.1. The zero-order valence-electron chi connectivity index (χ0n) is 33.7. The highest BCUT2D eigenvalue weighted by molar-refractivity contribution is 6.31. The zero-order chi connectivity index (χ0) is 46.1. The molecule has 0 saturated carbocycles. The average Bonchev–Trinajstić information content (AvgIpc) is 3.22. The number of carboxylic acid groups (broad SMARTS) is 2. The highest BCUT2D eigenvalue weighted by Crippen LogP contribution is 2.57. The number of amides is 1. The van der Waals surface area contributed by atoms with E-state index in [1.54, 1.807) is 6.92 Å². The second kappa shape index (κ2) is 17.1. The van der Waals surface area contributed by atoms with Gasteiger partial charge in [-0.1, -0.05) is 6.07 Å². The summed E-state index contributed by atoms with van der Waals surface area (Å²) in [4.78, 5) is 65.3. The zero-order valence-corrected chi connectivity index (χ0v) is 33.7. The van der Waals surface area contributed by atoms with Crippen LogP contribution in [0, 0.1) is 6.92 Å². The number of aliphatic carboxylic acids is 2. The summed E-state index contributed by atoms with van der Waals surface area (Å²) in [5.41, 5.74) is -4.23. The minimum absolute atomic E-state index is 0.0191. The number of aromatic hydroxyl groups is 3. The second-order valence-electron chi connectivity index (χ2n) is 15.5. The third-order valence-electron chi connectivity index (χ3n) is 11.7. The van der Waals surface area contributed by atoms with E-state index < -0.39 is 167 Å². The number of benzene rings is 3. The van der Waals surface area contributed by atoms with E-state index >= 15 is 0 Å². The van der Waals surface area contributed by atoms with Crippen molar-refractivity contribution in [2.45, 2.75) is 93.8 Å². The van der Waals surface area contributed by atoms with Crippen molar-refractivity contribution >= 4 is 29.4 Å². The third-order valence-corrected chi connectivity index (χ3v) is 11.7. The number of aliphatic hydroxyl groups is 5. The fraction of sp³-hybridized carbons (Fsp3) is 0.439. The number of carbonyl (C=O) groups is 5. The highest BCUT2D eigenvalue weighted by Gasteiger charge is 2.51. The predicted octanol–water partition coefficient (Wildman–Crippen LogP) is -1.16. The van der Waals surface area contributed by atoms with Crippen LogP contribution in [0.25, 0.3) is 11.1 Å². The van der Waals surface area contributed by atoms with E-state index in [2.05, 4.69) is 5.32 Å². The number of carbonyl (C=O) groups excluding carboxylic acids is 3. The molecule has 0 aromatic heterocycles. The smallest absolute Gasteiger partial charge is 0.326 e. The summed E-state index contributed by atoms with van der Waals surface area (Å²) in [7, 11) is 2.75. The molecule has 2 aliphatic heterocycles. The number of fused-ring (bicyclic) bond motifs is 5. The van der Waals surface area contributed by atoms with Gasteiger partial charge in [0.15, 0.2) is 24.1 Å². The van der Waals surface area contributed by atoms with Crippen LogP contribution >= 0.6 is 0 Å². The van der Waals surface area contributed by atoms with Gasteiger partial charge in [-0.25, -0.2) is 4.79 Å². The molecule has 22 nitrogen and oxygen atoms in total. The van der Waals surface area contributed by atoms with Crippen LogP contribution in [0.15, 0.2) is 24.3 Å². The molecule has 4 aliphatic rings. The maximum absolute atomic E-state index is 14.1. The van der Waals surface area contributed by atoms with Crippen molar-refractivity contribution in [1.82, 2.24) is 10.6 Å². The summed E-state index contributed by atoms with van der Waals surface area (Å²) >= 11 is 0. The van der Waals surface area contributed by atoms with Gasteiger partial charge in [0, 0.05) is 28.3 Å². The van der Waals surface area contributed by atoms with Crippen LogP contribution in [0.3, 0.4) is 0 Å². The van der Waals surface area contributed by atoms with E-state index in [9.17, 15) is 75.0 Å². The number of phenols is 3. The topological polar surface area (TPSA) is 358 Å². The van der Waals surface area contributed by atoms with Crippen LogP contribution in [-0.2, 0) is 28.5 Å². The van der Waals surface area contributed by atoms with Crippen molar-refractivity contribution in [3.8, 4) is 34.1 Å². The van der Waals surface area contributed by atoms with E-state index in [1.807, 2.05) is 5.32 Å². The maximum Gasteiger partial charge on any atom is 0.326 e. The van der Waals surface area contributed by atoms with Crippen molar-refractivity contribution < 1.29 is 98.7 Å². The minimum atomic E-state index is -1.98. The summed E-state index contributed by atoms with van der Waals surface area (Å²) in [6, 6.07) is 1.63. The molecule has 3 aromatic rings. The molecule has 12 N–H and O–H groups in total. The Morgan fingerprint density at radius 3 is 2.11 bits per heavy atom. The number of methoxy groups -OCH3 is 1. The molecule has 0 unspecified atom stereocenters. The molecule has 63 heavy (non-hydrogen) atoms. The molecule has 2 aliphatic carbocycles. The van der Waals surface area contributed by atoms with Gasteiger partial charge in [0.1, 0.15) is 71.8 Å². The number of ether oxygens (including phenoxy) is 5. The van der Waals surface area contributed by atoms with Crippen molar-refractivity contribution in [1.29, 1.82) is 0 Å². The average molecular weight is 885 g/mol. The standard InChI is InChI=1S/C41H44N2O20/c1-11-5-17-25(32(52)22(11)38(56)43-18(39(57)58)9-21(46)47)24-15(8-16-26(33(24)53)29(49)14-6-13(59-4)7-19(44)23(14)28(16)48)30(50)36(17)62-41-35(55)37(27(42-3)12(2)61-41)63-40-34(54)31(51)20(45)10-60-40/h5-8,12,18,20,27,30-31,34-37,40-42,44-45,50-55H,9-10H2,1-4H3,(H,43,56)(H,46,47)(H,57,58)/t12-,18+,20-,27+,30+,31+,34-,35-,36+,37+,40+,41+/m1/s1. The number of likely N-dealkylation sites (N-methyl/N-ethyl adjacent to an activating group) is 1. The molecule has 2 fully saturated rings. The Morgan fingerprint density at radius 1 is 0.825 bits per heavy atom. The van der Waals surface area contributed by atoms with Crippen LogP contribution in [0.5, 0.6) is 23.0 Å². The Balaban J connectivity index is 1.37. The molecule has 3 aromatic carbocycles. The van der Waals surface area contributed by atoms with E-state index in [0.29, 0.717) is 0 Å². The van der Waals surface area contributed by atoms with Crippen LogP contribution in [0.1, 0.15) is 84.4 Å². The van der Waals surface area contributed by atoms with E-state index in [1.165, 1.54) is 27.1 Å². The molecule has 2 heterocycles. The highest BCUT2D eigenvalue weighted by atomic mass is 16.7. The fourth-order valence-corrected chi connectivity index (χ4v) is 8.57. The van der Waals surface area contributed by atoms with Crippen LogP contribution < -0.4 is 15.4 Å². The van der Waals surface area contributed by atoms with Crippen molar-refractivity contribution in [2.24, 2.45) is 0 Å². The first-order valence-corrected chi connectivity index (χ1v) is 19.4. The minimum Gasteiger partial charge on any atom is -0.507 e. The molecule has 2 saturated heterocycles. The lowest BCUT2D eigenvalue weighted by Gasteiger charge is -2.47. The Bertz CT molecular complexity index is 2400. The van der Waals surface area contributed by atoms with Gasteiger partial charge >= 0.3 is 11.9 Å². The molecule has 7 rings (SSSR count). The maximum atomic E-state index is 14.1. The van der Waals surface area contributed by atoms with Gasteiger partial charge in [0.05, 0.1) is 49.0 Å². The lowest BCUT2D eigenvalue weighted by molar-refractivity contribution is -0.339. The lowest BCUT2D eigenvalue weighted by Crippen LogP contribution is -2.65. The van der Waals surface area contributed by atoms with Crippen LogP contribution in [0.4, 0.5) is 0 Å². The predicted molar refractivity (Wildman–Crippen MR) is 207 cm³/mol. The number of rotatable bonds is 11. The molecule has 0 radical (unpaired) electrons. The SMILES string of the molecule is CN[C@@H]1[C@H](O[C@@H]2OC[C@@H](O)[C@H](O)[C@H]2O)[C@@H](O)[C@H](O[C@H]2c3cc(C)c(C(=O)N[C@@H](CC(=O)O)C(=O)O)c(O)c3-c3c(cc4c(c3O)C(=O)c3cc(OC)cc(O)c3C4=O)[C@@H]2O)O[C@@H]1C. The number of ketones is 2. The number of nitrogens with one attached hydrogen (secondary N) is 2. The number of aliphatic hydroxyl groups excluding tert-OH is 5. The number of phenolic OH excluding ortho intramolecular Hbond substituents is 3. The number of hydrogen-bond donors (Lipinski definition) is 12. The summed E-state index contributed by atoms with van der Waals surface area (Å²) in [6.45, 7) is 2.42. The van der Waals surface area contributed by atoms with Gasteiger partial charge in [-0.05, 0) is 49.7 Å².